The first-order chi connectivity index (χ1) is 7.36. The highest BCUT2D eigenvalue weighted by Gasteiger charge is 2.28. The summed E-state index contributed by atoms with van der Waals surface area (Å²) in [5.41, 5.74) is -0.768. The molecule has 0 aliphatic heterocycles. The molecule has 16 heavy (non-hydrogen) atoms. The number of aliphatic hydroxyl groups is 1. The van der Waals surface area contributed by atoms with Crippen LogP contribution in [0.25, 0.3) is 0 Å². The van der Waals surface area contributed by atoms with Crippen molar-refractivity contribution in [3.05, 3.63) is 22.8 Å². The Kier molecular flexibility index (Phi) is 3.88. The number of carbonyl (C=O) groups is 1. The molecular formula is C11H14ClNO3. The molecule has 1 N–H and O–H groups in total. The van der Waals surface area contributed by atoms with Crippen molar-refractivity contribution in [2.24, 2.45) is 0 Å². The molecule has 0 aromatic carbocycles. The van der Waals surface area contributed by atoms with Gasteiger partial charge in [-0.25, -0.2) is 4.98 Å². The first kappa shape index (κ1) is 12.9. The molecule has 0 radical (unpaired) electrons. The molecule has 88 valence electrons. The first-order valence-corrected chi connectivity index (χ1v) is 5.17. The molecule has 4 nitrogen and oxygen atoms in total. The summed E-state index contributed by atoms with van der Waals surface area (Å²) in [6, 6.07) is 3.28. The number of pyridine rings is 1. The van der Waals surface area contributed by atoms with Crippen molar-refractivity contribution in [1.29, 1.82) is 0 Å². The second-order valence-electron chi connectivity index (χ2n) is 3.81. The van der Waals surface area contributed by atoms with Crippen LogP contribution in [0, 0.1) is 0 Å². The first-order valence-electron chi connectivity index (χ1n) is 4.79. The quantitative estimate of drug-likeness (QED) is 0.817. The van der Waals surface area contributed by atoms with E-state index < -0.39 is 5.60 Å². The average molecular weight is 244 g/mol. The lowest BCUT2D eigenvalue weighted by molar-refractivity contribution is -0.133. The summed E-state index contributed by atoms with van der Waals surface area (Å²) in [6.07, 6.45) is 0.148. The highest BCUT2D eigenvalue weighted by molar-refractivity contribution is 6.29. The fourth-order valence-electron chi connectivity index (χ4n) is 1.25. The number of ether oxygens (including phenoxy) is 1. The number of hydrogen-bond donors (Lipinski definition) is 1. The summed E-state index contributed by atoms with van der Waals surface area (Å²) >= 11 is 5.71. The van der Waals surface area contributed by atoms with Crippen molar-refractivity contribution in [1.82, 2.24) is 4.98 Å². The van der Waals surface area contributed by atoms with Gasteiger partial charge < -0.3 is 9.84 Å². The smallest absolute Gasteiger partial charge is 0.217 e. The van der Waals surface area contributed by atoms with Gasteiger partial charge in [0.05, 0.1) is 7.11 Å². The van der Waals surface area contributed by atoms with Gasteiger partial charge in [-0.05, 0) is 19.9 Å². The van der Waals surface area contributed by atoms with E-state index in [9.17, 15) is 9.90 Å². The third-order valence-electron chi connectivity index (χ3n) is 2.39. The van der Waals surface area contributed by atoms with E-state index in [4.69, 9.17) is 16.3 Å². The van der Waals surface area contributed by atoms with Crippen LogP contribution >= 0.6 is 11.6 Å². The van der Waals surface area contributed by atoms with Gasteiger partial charge in [-0.3, -0.25) is 4.79 Å². The molecule has 1 atom stereocenters. The summed E-state index contributed by atoms with van der Waals surface area (Å²) in [5, 5.41) is 10.2. The van der Waals surface area contributed by atoms with Gasteiger partial charge in [0, 0.05) is 12.0 Å². The summed E-state index contributed by atoms with van der Waals surface area (Å²) in [7, 11) is 1.46. The van der Waals surface area contributed by atoms with Gasteiger partial charge in [-0.15, -0.1) is 0 Å². The Balaban J connectivity index is 3.01. The second-order valence-corrected chi connectivity index (χ2v) is 4.20. The van der Waals surface area contributed by atoms with E-state index in [-0.39, 0.29) is 12.2 Å². The van der Waals surface area contributed by atoms with Crippen molar-refractivity contribution in [2.45, 2.75) is 25.9 Å². The molecule has 0 saturated carbocycles. The Morgan fingerprint density at radius 2 is 2.25 bits per heavy atom. The number of aromatic nitrogens is 1. The largest absolute Gasteiger partial charge is 0.481 e. The third kappa shape index (κ3) is 2.93. The molecule has 1 aromatic rings. The van der Waals surface area contributed by atoms with E-state index in [1.807, 2.05) is 0 Å². The number of rotatable bonds is 4. The van der Waals surface area contributed by atoms with Crippen LogP contribution in [0.3, 0.4) is 0 Å². The Labute approximate surface area is 99.2 Å². The average Bonchev–Trinajstić information content (AvgIpc) is 2.20. The van der Waals surface area contributed by atoms with Crippen LogP contribution in [0.4, 0.5) is 0 Å². The summed E-state index contributed by atoms with van der Waals surface area (Å²) in [6.45, 7) is 2.80. The fourth-order valence-corrected chi connectivity index (χ4v) is 1.39. The lowest BCUT2D eigenvalue weighted by Gasteiger charge is -2.20. The van der Waals surface area contributed by atoms with Crippen LogP contribution in [0.5, 0.6) is 5.88 Å². The van der Waals surface area contributed by atoms with E-state index >= 15 is 0 Å². The van der Waals surface area contributed by atoms with Gasteiger partial charge in [0.1, 0.15) is 10.8 Å². The molecule has 1 heterocycles. The lowest BCUT2D eigenvalue weighted by atomic mass is 9.93. The summed E-state index contributed by atoms with van der Waals surface area (Å²) in [5.74, 6) is 0.0264. The molecule has 5 heteroatoms. The van der Waals surface area contributed by atoms with Crippen molar-refractivity contribution in [3.8, 4) is 5.88 Å². The molecule has 1 unspecified atom stereocenters. The van der Waals surface area contributed by atoms with Crippen molar-refractivity contribution >= 4 is 17.4 Å². The van der Waals surface area contributed by atoms with Gasteiger partial charge in [-0.1, -0.05) is 17.7 Å². The number of halogens is 1. The van der Waals surface area contributed by atoms with Crippen LogP contribution < -0.4 is 4.74 Å². The zero-order valence-corrected chi connectivity index (χ0v) is 10.2. The zero-order valence-electron chi connectivity index (χ0n) is 9.45. The zero-order chi connectivity index (χ0) is 12.3. The number of Topliss-reactive ketones (excluding diaryl/α,β-unsaturated/α-hetero) is 1. The normalized spacial score (nSPS) is 14.3. The van der Waals surface area contributed by atoms with Crippen LogP contribution in [0.15, 0.2) is 12.1 Å². The van der Waals surface area contributed by atoms with Gasteiger partial charge in [-0.2, -0.15) is 0 Å². The van der Waals surface area contributed by atoms with E-state index in [1.54, 1.807) is 12.1 Å². The van der Waals surface area contributed by atoms with E-state index in [2.05, 4.69) is 4.98 Å². The molecule has 0 amide bonds. The summed E-state index contributed by atoms with van der Waals surface area (Å²) < 4.78 is 5.03. The van der Waals surface area contributed by atoms with Crippen LogP contribution in [0.2, 0.25) is 5.15 Å². The predicted molar refractivity (Wildman–Crippen MR) is 60.8 cm³/mol. The third-order valence-corrected chi connectivity index (χ3v) is 2.60. The maximum Gasteiger partial charge on any atom is 0.217 e. The minimum absolute atomic E-state index is 0.148. The number of carbonyl (C=O) groups excluding carboxylic acids is 1. The number of hydrogen-bond acceptors (Lipinski definition) is 4. The molecule has 1 aromatic heterocycles. The Morgan fingerprint density at radius 3 is 2.75 bits per heavy atom. The van der Waals surface area contributed by atoms with Crippen LogP contribution in [-0.4, -0.2) is 28.6 Å². The van der Waals surface area contributed by atoms with E-state index in [0.717, 1.165) is 0 Å². The molecule has 0 saturated heterocycles. The van der Waals surface area contributed by atoms with Crippen molar-refractivity contribution in [3.63, 3.8) is 0 Å². The van der Waals surface area contributed by atoms with Gasteiger partial charge in [0.2, 0.25) is 5.88 Å². The molecule has 1 rings (SSSR count). The van der Waals surface area contributed by atoms with Crippen LogP contribution in [0.1, 0.15) is 19.4 Å². The highest BCUT2D eigenvalue weighted by atomic mass is 35.5. The second kappa shape index (κ2) is 4.80. The Hall–Kier alpha value is -1.13. The monoisotopic (exact) mass is 243 g/mol. The van der Waals surface area contributed by atoms with E-state index in [1.165, 1.54) is 21.0 Å². The summed E-state index contributed by atoms with van der Waals surface area (Å²) in [4.78, 5) is 15.2. The molecule has 0 bridgehead atoms. The molecule has 0 aliphatic carbocycles. The predicted octanol–water partition coefficient (Wildman–Crippen LogP) is 1.63. The van der Waals surface area contributed by atoms with Gasteiger partial charge >= 0.3 is 0 Å². The van der Waals surface area contributed by atoms with Gasteiger partial charge in [0.15, 0.2) is 5.78 Å². The molecule has 0 aliphatic rings. The van der Waals surface area contributed by atoms with Crippen molar-refractivity contribution in [2.75, 3.05) is 7.11 Å². The maximum atomic E-state index is 11.2. The topological polar surface area (TPSA) is 59.4 Å². The van der Waals surface area contributed by atoms with E-state index in [0.29, 0.717) is 16.6 Å². The lowest BCUT2D eigenvalue weighted by Crippen LogP contribution is -2.35. The number of nitrogens with zero attached hydrogens (tertiary/aromatic N) is 1. The minimum atomic E-state index is -1.41. The Bertz CT molecular complexity index is 404. The molecule has 0 spiro atoms. The maximum absolute atomic E-state index is 11.2. The molecule has 0 fully saturated rings. The number of methoxy groups -OCH3 is 1. The standard InChI is InChI=1S/C11H14ClNO3/c1-7(14)11(2,15)6-8-4-5-9(12)13-10(8)16-3/h4-5,15H,6H2,1-3H3. The fraction of sp³-hybridized carbons (Fsp3) is 0.455. The SMILES string of the molecule is COc1nc(Cl)ccc1CC(C)(O)C(C)=O. The Morgan fingerprint density at radius 1 is 1.62 bits per heavy atom. The minimum Gasteiger partial charge on any atom is -0.481 e. The van der Waals surface area contributed by atoms with Crippen LogP contribution in [-0.2, 0) is 11.2 Å². The van der Waals surface area contributed by atoms with Crippen molar-refractivity contribution < 1.29 is 14.6 Å². The van der Waals surface area contributed by atoms with Gasteiger partial charge in [0.25, 0.3) is 0 Å². The number of ketones is 1. The molecular weight excluding hydrogens is 230 g/mol. The highest BCUT2D eigenvalue weighted by Crippen LogP contribution is 2.23.